The first kappa shape index (κ1) is 28.3. The molecule has 0 spiro atoms. The van der Waals surface area contributed by atoms with E-state index in [-0.39, 0.29) is 11.1 Å². The van der Waals surface area contributed by atoms with E-state index < -0.39 is 0 Å². The quantitative estimate of drug-likeness (QED) is 0.185. The maximum Gasteiger partial charge on any atom is 0.216 e. The number of rotatable bonds is 5. The van der Waals surface area contributed by atoms with E-state index in [2.05, 4.69) is 149 Å². The molecule has 0 radical (unpaired) electrons. The topological polar surface area (TPSA) is 43.2 Å². The van der Waals surface area contributed by atoms with Crippen molar-refractivity contribution in [2.24, 2.45) is 9.98 Å². The number of ether oxygens (including phenoxy) is 2. The largest absolute Gasteiger partial charge is 0.475 e. The molecule has 0 amide bonds. The Morgan fingerprint density at radius 1 is 0.413 bits per heavy atom. The zero-order valence-electron chi connectivity index (χ0n) is 26.7. The standard InChI is InChI=1S/C42H36N2O2/c1-41(2)25-45-39(43-41)30-18-14-28(15-19-30)37-33-12-8-9-13-34(33)38(29-16-20-31(21-17-29)40-44-42(3,4)26-46-40)36-24-32(22-23-35(36)37)27-10-6-5-7-11-27/h5-24H,25-26H2,1-4H3. The smallest absolute Gasteiger partial charge is 0.216 e. The molecule has 2 aliphatic heterocycles. The van der Waals surface area contributed by atoms with E-state index in [1.165, 1.54) is 43.8 Å². The van der Waals surface area contributed by atoms with Crippen molar-refractivity contribution in [2.45, 2.75) is 38.8 Å². The van der Waals surface area contributed by atoms with E-state index in [1.807, 2.05) is 0 Å². The second-order valence-corrected chi connectivity index (χ2v) is 13.6. The van der Waals surface area contributed by atoms with Crippen molar-refractivity contribution in [3.63, 3.8) is 0 Å². The molecule has 6 aromatic rings. The Hall–Kier alpha value is -5.22. The highest BCUT2D eigenvalue weighted by Crippen LogP contribution is 2.45. The third kappa shape index (κ3) is 5.04. The van der Waals surface area contributed by atoms with Crippen LogP contribution in [0.15, 0.2) is 131 Å². The molecule has 0 aliphatic carbocycles. The summed E-state index contributed by atoms with van der Waals surface area (Å²) < 4.78 is 11.9. The zero-order valence-corrected chi connectivity index (χ0v) is 26.7. The Bertz CT molecular complexity index is 2170. The van der Waals surface area contributed by atoms with E-state index >= 15 is 0 Å². The van der Waals surface area contributed by atoms with Crippen molar-refractivity contribution in [2.75, 3.05) is 13.2 Å². The minimum Gasteiger partial charge on any atom is -0.475 e. The van der Waals surface area contributed by atoms with E-state index in [9.17, 15) is 0 Å². The summed E-state index contributed by atoms with van der Waals surface area (Å²) in [5, 5.41) is 4.86. The van der Waals surface area contributed by atoms with Gasteiger partial charge < -0.3 is 9.47 Å². The van der Waals surface area contributed by atoms with Crippen LogP contribution in [0.2, 0.25) is 0 Å². The van der Waals surface area contributed by atoms with Gasteiger partial charge in [0.15, 0.2) is 0 Å². The van der Waals surface area contributed by atoms with Gasteiger partial charge in [0.05, 0.1) is 11.1 Å². The number of nitrogens with zero attached hydrogens (tertiary/aromatic N) is 2. The van der Waals surface area contributed by atoms with Crippen LogP contribution in [0.3, 0.4) is 0 Å². The van der Waals surface area contributed by atoms with Crippen molar-refractivity contribution in [1.29, 1.82) is 0 Å². The molecule has 4 nitrogen and oxygen atoms in total. The average molecular weight is 601 g/mol. The fourth-order valence-electron chi connectivity index (χ4n) is 6.63. The van der Waals surface area contributed by atoms with Crippen LogP contribution in [0.1, 0.15) is 38.8 Å². The maximum absolute atomic E-state index is 5.96. The SMILES string of the molecule is CC1(C)COC(c2ccc(-c3c4ccccc4c(-c4ccc(C5=NC(C)(C)CO5)cc4)c4cc(-c5ccccc5)ccc34)cc2)=N1. The van der Waals surface area contributed by atoms with E-state index in [1.54, 1.807) is 0 Å². The van der Waals surface area contributed by atoms with Crippen LogP contribution in [0.25, 0.3) is 54.9 Å². The highest BCUT2D eigenvalue weighted by molar-refractivity contribution is 6.22. The number of benzene rings is 6. The molecule has 0 fully saturated rings. The molecule has 0 saturated heterocycles. The van der Waals surface area contributed by atoms with Gasteiger partial charge in [-0.25, -0.2) is 9.98 Å². The molecule has 0 atom stereocenters. The van der Waals surface area contributed by atoms with E-state index in [4.69, 9.17) is 19.5 Å². The summed E-state index contributed by atoms with van der Waals surface area (Å²) in [4.78, 5) is 9.59. The summed E-state index contributed by atoms with van der Waals surface area (Å²) in [6.07, 6.45) is 0. The van der Waals surface area contributed by atoms with Crippen molar-refractivity contribution < 1.29 is 9.47 Å². The molecule has 0 saturated carbocycles. The molecular weight excluding hydrogens is 564 g/mol. The van der Waals surface area contributed by atoms with Crippen molar-refractivity contribution >= 4 is 33.3 Å². The van der Waals surface area contributed by atoms with Crippen molar-refractivity contribution in [3.05, 3.63) is 132 Å². The fourth-order valence-corrected chi connectivity index (χ4v) is 6.63. The summed E-state index contributed by atoms with van der Waals surface area (Å²) in [6, 6.07) is 43.7. The molecular formula is C42H36N2O2. The predicted octanol–water partition coefficient (Wildman–Crippen LogP) is 10.1. The van der Waals surface area contributed by atoms with E-state index in [0.717, 1.165) is 28.2 Å². The summed E-state index contributed by atoms with van der Waals surface area (Å²) in [5.41, 5.74) is 8.78. The van der Waals surface area contributed by atoms with Crippen LogP contribution in [0.5, 0.6) is 0 Å². The molecule has 2 aliphatic rings. The van der Waals surface area contributed by atoms with Gasteiger partial charge in [0, 0.05) is 11.1 Å². The molecule has 4 heteroatoms. The fraction of sp³-hybridized carbons (Fsp3) is 0.190. The minimum atomic E-state index is -0.198. The lowest BCUT2D eigenvalue weighted by Gasteiger charge is -2.19. The van der Waals surface area contributed by atoms with Gasteiger partial charge >= 0.3 is 0 Å². The number of aliphatic imine (C=N–C) groups is 2. The predicted molar refractivity (Wildman–Crippen MR) is 191 cm³/mol. The molecule has 6 aromatic carbocycles. The minimum absolute atomic E-state index is 0.195. The molecule has 226 valence electrons. The van der Waals surface area contributed by atoms with Crippen LogP contribution >= 0.6 is 0 Å². The van der Waals surface area contributed by atoms with Crippen LogP contribution in [-0.4, -0.2) is 36.1 Å². The summed E-state index contributed by atoms with van der Waals surface area (Å²) >= 11 is 0. The monoisotopic (exact) mass is 600 g/mol. The summed E-state index contributed by atoms with van der Waals surface area (Å²) in [5.74, 6) is 1.43. The Morgan fingerprint density at radius 3 is 1.30 bits per heavy atom. The van der Waals surface area contributed by atoms with E-state index in [0.29, 0.717) is 19.1 Å². The first-order valence-electron chi connectivity index (χ1n) is 16.0. The van der Waals surface area contributed by atoms with Gasteiger partial charge in [0.2, 0.25) is 11.8 Å². The lowest BCUT2D eigenvalue weighted by Crippen LogP contribution is -2.17. The highest BCUT2D eigenvalue weighted by atomic mass is 16.5. The Morgan fingerprint density at radius 2 is 0.826 bits per heavy atom. The average Bonchev–Trinajstić information content (AvgIpc) is 3.64. The molecule has 8 rings (SSSR count). The first-order chi connectivity index (χ1) is 22.2. The molecule has 46 heavy (non-hydrogen) atoms. The Labute approximate surface area is 270 Å². The van der Waals surface area contributed by atoms with Gasteiger partial charge in [0.25, 0.3) is 0 Å². The molecule has 2 heterocycles. The highest BCUT2D eigenvalue weighted by Gasteiger charge is 2.28. The third-order valence-corrected chi connectivity index (χ3v) is 8.90. The van der Waals surface area contributed by atoms with Gasteiger partial charge in [-0.1, -0.05) is 91.0 Å². The van der Waals surface area contributed by atoms with Gasteiger partial charge in [-0.05, 0) is 113 Å². The number of fused-ring (bicyclic) bond motifs is 2. The Kier molecular flexibility index (Phi) is 6.57. The van der Waals surface area contributed by atoms with Crippen LogP contribution in [0.4, 0.5) is 0 Å². The second-order valence-electron chi connectivity index (χ2n) is 13.6. The first-order valence-corrected chi connectivity index (χ1v) is 16.0. The molecule has 0 unspecified atom stereocenters. The van der Waals surface area contributed by atoms with Crippen molar-refractivity contribution in [1.82, 2.24) is 0 Å². The lowest BCUT2D eigenvalue weighted by molar-refractivity contribution is 0.279. The van der Waals surface area contributed by atoms with Gasteiger partial charge in [-0.2, -0.15) is 0 Å². The van der Waals surface area contributed by atoms with Gasteiger partial charge in [-0.15, -0.1) is 0 Å². The summed E-state index contributed by atoms with van der Waals surface area (Å²) in [6.45, 7) is 9.60. The molecule has 0 N–H and O–H groups in total. The van der Waals surface area contributed by atoms with Crippen LogP contribution in [0, 0.1) is 0 Å². The lowest BCUT2D eigenvalue weighted by atomic mass is 9.84. The Balaban J connectivity index is 1.34. The number of hydrogen-bond donors (Lipinski definition) is 0. The maximum atomic E-state index is 5.96. The molecule has 0 aromatic heterocycles. The number of hydrogen-bond acceptors (Lipinski definition) is 4. The van der Waals surface area contributed by atoms with Crippen LogP contribution < -0.4 is 0 Å². The van der Waals surface area contributed by atoms with Gasteiger partial charge in [-0.3, -0.25) is 0 Å². The van der Waals surface area contributed by atoms with Crippen molar-refractivity contribution in [3.8, 4) is 33.4 Å². The zero-order chi connectivity index (χ0) is 31.5. The summed E-state index contributed by atoms with van der Waals surface area (Å²) in [7, 11) is 0. The second kappa shape index (κ2) is 10.7. The normalized spacial score (nSPS) is 16.6. The van der Waals surface area contributed by atoms with Gasteiger partial charge in [0.1, 0.15) is 13.2 Å². The molecule has 0 bridgehead atoms. The van der Waals surface area contributed by atoms with Crippen LogP contribution in [-0.2, 0) is 9.47 Å². The third-order valence-electron chi connectivity index (χ3n) is 8.90.